The molecule has 13 aromatic rings. The summed E-state index contributed by atoms with van der Waals surface area (Å²) in [7, 11) is 0. The van der Waals surface area contributed by atoms with E-state index in [0.29, 0.717) is 0 Å². The molecule has 0 atom stereocenters. The molecule has 1 heteroatoms. The van der Waals surface area contributed by atoms with Gasteiger partial charge in [-0.15, -0.1) is 0 Å². The Morgan fingerprint density at radius 1 is 0.218 bits per heavy atom. The molecule has 0 saturated carbocycles. The maximum Gasteiger partial charge on any atom is 0.143 e. The summed E-state index contributed by atoms with van der Waals surface area (Å²) in [5, 5.41) is 20.2. The standard InChI is InChI=1S/C54H30O/c1-2-10-41-31(5-1)19-28-47-52-46(43-25-21-39-18-16-35-7-4-9-37-23-27-45(43)51(39)49(35)37)30-29-42(54(52)55-53(41)47)33-13-11-32(12-14-33)40-24-20-38-17-15-34-6-3-8-36-22-26-44(40)50(38)48(34)36/h1-30H. The third-order valence-corrected chi connectivity index (χ3v) is 12.4. The van der Waals surface area contributed by atoms with E-state index in [2.05, 4.69) is 182 Å². The minimum atomic E-state index is 0.921. The third kappa shape index (κ3) is 3.97. The molecule has 0 saturated heterocycles. The summed E-state index contributed by atoms with van der Waals surface area (Å²) >= 11 is 0. The highest BCUT2D eigenvalue weighted by Crippen LogP contribution is 2.47. The van der Waals surface area contributed by atoms with Gasteiger partial charge >= 0.3 is 0 Å². The number of rotatable bonds is 3. The Hall–Kier alpha value is -7.22. The Balaban J connectivity index is 1.04. The molecule has 12 aromatic carbocycles. The summed E-state index contributed by atoms with van der Waals surface area (Å²) in [6, 6.07) is 67.3. The Kier molecular flexibility index (Phi) is 5.69. The molecule has 0 bridgehead atoms. The van der Waals surface area contributed by atoms with E-state index >= 15 is 0 Å². The molecule has 13 rings (SSSR count). The van der Waals surface area contributed by atoms with Crippen LogP contribution in [0.3, 0.4) is 0 Å². The van der Waals surface area contributed by atoms with Crippen LogP contribution < -0.4 is 0 Å². The van der Waals surface area contributed by atoms with Crippen molar-refractivity contribution in [3.05, 3.63) is 182 Å². The van der Waals surface area contributed by atoms with Crippen molar-refractivity contribution >= 4 is 97.3 Å². The molecule has 0 aliphatic rings. The molecular formula is C54H30O. The van der Waals surface area contributed by atoms with Gasteiger partial charge in [0.1, 0.15) is 11.2 Å². The molecule has 0 aliphatic heterocycles. The van der Waals surface area contributed by atoms with Gasteiger partial charge in [0.15, 0.2) is 0 Å². The maximum atomic E-state index is 7.08. The summed E-state index contributed by atoms with van der Waals surface area (Å²) in [5.74, 6) is 0. The second kappa shape index (κ2) is 10.7. The van der Waals surface area contributed by atoms with E-state index in [9.17, 15) is 0 Å². The highest BCUT2D eigenvalue weighted by atomic mass is 16.3. The van der Waals surface area contributed by atoms with Crippen LogP contribution in [-0.4, -0.2) is 0 Å². The van der Waals surface area contributed by atoms with E-state index in [1.54, 1.807) is 0 Å². The van der Waals surface area contributed by atoms with Crippen molar-refractivity contribution in [1.29, 1.82) is 0 Å². The first-order valence-corrected chi connectivity index (χ1v) is 19.1. The van der Waals surface area contributed by atoms with Gasteiger partial charge in [0, 0.05) is 21.7 Å². The predicted molar refractivity (Wildman–Crippen MR) is 235 cm³/mol. The smallest absolute Gasteiger partial charge is 0.143 e. The molecule has 1 heterocycles. The van der Waals surface area contributed by atoms with E-state index in [-0.39, 0.29) is 0 Å². The Bertz CT molecular complexity index is 3660. The second-order valence-electron chi connectivity index (χ2n) is 15.1. The van der Waals surface area contributed by atoms with Crippen molar-refractivity contribution in [3.63, 3.8) is 0 Å². The number of furan rings is 1. The summed E-state index contributed by atoms with van der Waals surface area (Å²) < 4.78 is 7.08. The summed E-state index contributed by atoms with van der Waals surface area (Å²) in [6.07, 6.45) is 0. The lowest BCUT2D eigenvalue weighted by atomic mass is 9.87. The fourth-order valence-corrected chi connectivity index (χ4v) is 9.85. The van der Waals surface area contributed by atoms with Crippen LogP contribution in [0.4, 0.5) is 0 Å². The highest BCUT2D eigenvalue weighted by Gasteiger charge is 2.21. The van der Waals surface area contributed by atoms with Crippen molar-refractivity contribution in [2.75, 3.05) is 0 Å². The largest absolute Gasteiger partial charge is 0.455 e. The van der Waals surface area contributed by atoms with Crippen LogP contribution in [0.2, 0.25) is 0 Å². The highest BCUT2D eigenvalue weighted by molar-refractivity contribution is 6.29. The zero-order chi connectivity index (χ0) is 35.8. The van der Waals surface area contributed by atoms with E-state index in [0.717, 1.165) is 38.5 Å². The molecule has 252 valence electrons. The predicted octanol–water partition coefficient (Wildman–Crippen LogP) is 15.5. The monoisotopic (exact) mass is 694 g/mol. The van der Waals surface area contributed by atoms with Gasteiger partial charge in [-0.25, -0.2) is 0 Å². The first kappa shape index (κ1) is 29.3. The minimum Gasteiger partial charge on any atom is -0.455 e. The second-order valence-corrected chi connectivity index (χ2v) is 15.1. The van der Waals surface area contributed by atoms with Crippen molar-refractivity contribution in [2.24, 2.45) is 0 Å². The fraction of sp³-hybridized carbons (Fsp3) is 0. The number of benzene rings is 12. The Morgan fingerprint density at radius 3 is 1.31 bits per heavy atom. The van der Waals surface area contributed by atoms with Crippen LogP contribution in [-0.2, 0) is 0 Å². The van der Waals surface area contributed by atoms with Gasteiger partial charge in [-0.3, -0.25) is 0 Å². The molecular weight excluding hydrogens is 665 g/mol. The van der Waals surface area contributed by atoms with Crippen molar-refractivity contribution < 1.29 is 4.42 Å². The molecule has 0 fully saturated rings. The molecule has 0 unspecified atom stereocenters. The summed E-state index contributed by atoms with van der Waals surface area (Å²) in [4.78, 5) is 0. The van der Waals surface area contributed by atoms with Crippen LogP contribution in [0.1, 0.15) is 0 Å². The average Bonchev–Trinajstić information content (AvgIpc) is 3.65. The lowest BCUT2D eigenvalue weighted by Crippen LogP contribution is -1.89. The zero-order valence-electron chi connectivity index (χ0n) is 29.7. The van der Waals surface area contributed by atoms with E-state index in [4.69, 9.17) is 4.42 Å². The van der Waals surface area contributed by atoms with Gasteiger partial charge in [-0.05, 0) is 110 Å². The Labute approximate surface area is 315 Å². The summed E-state index contributed by atoms with van der Waals surface area (Å²) in [6.45, 7) is 0. The molecule has 0 radical (unpaired) electrons. The molecule has 1 aromatic heterocycles. The quantitative estimate of drug-likeness (QED) is 0.168. The van der Waals surface area contributed by atoms with Crippen molar-refractivity contribution in [3.8, 4) is 33.4 Å². The molecule has 55 heavy (non-hydrogen) atoms. The van der Waals surface area contributed by atoms with Crippen LogP contribution in [0.5, 0.6) is 0 Å². The van der Waals surface area contributed by atoms with Gasteiger partial charge in [-0.1, -0.05) is 170 Å². The minimum absolute atomic E-state index is 0.921. The summed E-state index contributed by atoms with van der Waals surface area (Å²) in [5.41, 5.74) is 8.96. The lowest BCUT2D eigenvalue weighted by molar-refractivity contribution is 0.674. The van der Waals surface area contributed by atoms with Crippen LogP contribution in [0.25, 0.3) is 131 Å². The maximum absolute atomic E-state index is 7.08. The van der Waals surface area contributed by atoms with Gasteiger partial charge in [-0.2, -0.15) is 0 Å². The first-order chi connectivity index (χ1) is 27.3. The van der Waals surface area contributed by atoms with E-state index in [1.165, 1.54) is 92.3 Å². The van der Waals surface area contributed by atoms with Crippen molar-refractivity contribution in [1.82, 2.24) is 0 Å². The van der Waals surface area contributed by atoms with Crippen molar-refractivity contribution in [2.45, 2.75) is 0 Å². The van der Waals surface area contributed by atoms with Gasteiger partial charge in [0.2, 0.25) is 0 Å². The molecule has 1 nitrogen and oxygen atoms in total. The zero-order valence-corrected chi connectivity index (χ0v) is 29.7. The number of hydrogen-bond acceptors (Lipinski definition) is 1. The fourth-order valence-electron chi connectivity index (χ4n) is 9.85. The molecule has 0 aliphatic carbocycles. The van der Waals surface area contributed by atoms with Crippen LogP contribution in [0.15, 0.2) is 186 Å². The SMILES string of the molecule is c1ccc2c(c1)ccc1c2oc2c(-c3ccc(-c4ccc5ccc6cccc7ccc4c5c67)cc3)ccc(-c3ccc4ccc5cccc6ccc3c4c56)c21. The first-order valence-electron chi connectivity index (χ1n) is 19.1. The Morgan fingerprint density at radius 2 is 0.655 bits per heavy atom. The number of hydrogen-bond donors (Lipinski definition) is 0. The normalized spacial score (nSPS) is 12.4. The average molecular weight is 695 g/mol. The van der Waals surface area contributed by atoms with E-state index in [1.807, 2.05) is 0 Å². The number of fused-ring (bicyclic) bond motifs is 5. The third-order valence-electron chi connectivity index (χ3n) is 12.4. The van der Waals surface area contributed by atoms with Gasteiger partial charge in [0.05, 0.1) is 0 Å². The molecule has 0 amide bonds. The lowest BCUT2D eigenvalue weighted by Gasteiger charge is -2.16. The topological polar surface area (TPSA) is 13.1 Å². The molecule has 0 N–H and O–H groups in total. The van der Waals surface area contributed by atoms with Crippen LogP contribution >= 0.6 is 0 Å². The van der Waals surface area contributed by atoms with Crippen LogP contribution in [0, 0.1) is 0 Å². The van der Waals surface area contributed by atoms with Gasteiger partial charge < -0.3 is 4.42 Å². The molecule has 0 spiro atoms. The van der Waals surface area contributed by atoms with Gasteiger partial charge in [0.25, 0.3) is 0 Å². The van der Waals surface area contributed by atoms with E-state index < -0.39 is 0 Å².